The first-order valence-electron chi connectivity index (χ1n) is 15.3. The van der Waals surface area contributed by atoms with Crippen LogP contribution in [0.25, 0.3) is 22.3 Å². The first kappa shape index (κ1) is 35.0. The van der Waals surface area contributed by atoms with Crippen molar-refractivity contribution >= 4 is 23.7 Å². The van der Waals surface area contributed by atoms with Crippen LogP contribution in [0.4, 0.5) is 8.78 Å². The lowest BCUT2D eigenvalue weighted by molar-refractivity contribution is -0.136. The van der Waals surface area contributed by atoms with Gasteiger partial charge < -0.3 is 35.1 Å². The fourth-order valence-electron chi connectivity index (χ4n) is 5.76. The third-order valence-electron chi connectivity index (χ3n) is 8.25. The van der Waals surface area contributed by atoms with Gasteiger partial charge in [0.25, 0.3) is 0 Å². The van der Waals surface area contributed by atoms with Gasteiger partial charge in [-0.2, -0.15) is 0 Å². The summed E-state index contributed by atoms with van der Waals surface area (Å²) in [5.41, 5.74) is 7.47. The highest BCUT2D eigenvalue weighted by atomic mass is 19.1. The van der Waals surface area contributed by atoms with E-state index in [0.717, 1.165) is 34.9 Å². The number of H-pyrrole nitrogens is 2. The van der Waals surface area contributed by atoms with Gasteiger partial charge in [-0.15, -0.1) is 0 Å². The molecule has 2 unspecified atom stereocenters. The van der Waals surface area contributed by atoms with Crippen molar-refractivity contribution in [2.45, 2.75) is 51.6 Å². The van der Waals surface area contributed by atoms with Crippen LogP contribution in [-0.2, 0) is 32.8 Å². The van der Waals surface area contributed by atoms with Crippen LogP contribution in [-0.4, -0.2) is 46.5 Å². The summed E-state index contributed by atoms with van der Waals surface area (Å²) in [7, 11) is 1.50. The van der Waals surface area contributed by atoms with Gasteiger partial charge in [0.05, 0.1) is 24.1 Å². The van der Waals surface area contributed by atoms with Crippen molar-refractivity contribution in [1.82, 2.24) is 15.0 Å². The summed E-state index contributed by atoms with van der Waals surface area (Å²) in [6, 6.07) is 15.3. The summed E-state index contributed by atoms with van der Waals surface area (Å²) in [5.74, 6) is -1.00. The molecule has 5 aromatic rings. The Morgan fingerprint density at radius 1 is 1.13 bits per heavy atom. The summed E-state index contributed by atoms with van der Waals surface area (Å²) in [6.07, 6.45) is 6.00. The lowest BCUT2D eigenvalue weighted by atomic mass is 9.90. The second-order valence-electron chi connectivity index (χ2n) is 11.4. The number of aromatic nitrogens is 3. The molecule has 2 atom stereocenters. The van der Waals surface area contributed by atoms with E-state index in [9.17, 15) is 9.90 Å². The van der Waals surface area contributed by atoms with Gasteiger partial charge in [0, 0.05) is 35.2 Å². The van der Waals surface area contributed by atoms with E-state index >= 15 is 8.78 Å². The van der Waals surface area contributed by atoms with E-state index in [1.54, 1.807) is 12.4 Å². The Hall–Kier alpha value is -4.87. The molecule has 4 bridgehead atoms. The van der Waals surface area contributed by atoms with Crippen molar-refractivity contribution in [2.75, 3.05) is 13.7 Å². The van der Waals surface area contributed by atoms with Gasteiger partial charge in [0.2, 0.25) is 0 Å². The van der Waals surface area contributed by atoms with Crippen LogP contribution in [0.5, 0.6) is 11.5 Å². The van der Waals surface area contributed by atoms with Crippen LogP contribution < -0.4 is 10.5 Å². The van der Waals surface area contributed by atoms with Crippen LogP contribution in [0.15, 0.2) is 67.0 Å². The maximum Gasteiger partial charge on any atom is 0.303 e. The zero-order valence-corrected chi connectivity index (χ0v) is 26.7. The number of fused-ring (bicyclic) bond motifs is 8. The number of carbonyl (C=O) groups is 2. The number of carboxylic acid groups (broad SMARTS) is 1. The molecule has 0 radical (unpaired) electrons. The number of aromatic amines is 2. The van der Waals surface area contributed by atoms with E-state index in [1.807, 2.05) is 44.0 Å². The fourth-order valence-corrected chi connectivity index (χ4v) is 5.76. The molecule has 47 heavy (non-hydrogen) atoms. The lowest BCUT2D eigenvalue weighted by Crippen LogP contribution is -2.30. The molecule has 0 saturated carbocycles. The summed E-state index contributed by atoms with van der Waals surface area (Å²) in [5, 5.41) is 10.1. The number of ether oxygens (including phenoxy) is 2. The van der Waals surface area contributed by atoms with E-state index in [1.165, 1.54) is 31.3 Å². The van der Waals surface area contributed by atoms with Crippen LogP contribution in [0, 0.1) is 17.6 Å². The zero-order chi connectivity index (χ0) is 34.1. The number of nitrogens with one attached hydrogen (secondary N) is 2. The molecule has 9 nitrogen and oxygen atoms in total. The normalized spacial score (nSPS) is 17.7. The minimum Gasteiger partial charge on any atom is -0.481 e. The largest absolute Gasteiger partial charge is 0.481 e. The number of hydrogen-bond acceptors (Lipinski definition) is 6. The van der Waals surface area contributed by atoms with E-state index in [2.05, 4.69) is 27.6 Å². The average Bonchev–Trinajstić information content (AvgIpc) is 3.77. The molecule has 5 N–H and O–H groups in total. The molecule has 0 spiro atoms. The van der Waals surface area contributed by atoms with Crippen molar-refractivity contribution in [1.29, 1.82) is 0 Å². The quantitative estimate of drug-likeness (QED) is 0.161. The third kappa shape index (κ3) is 7.75. The first-order chi connectivity index (χ1) is 22.7. The Morgan fingerprint density at radius 3 is 2.68 bits per heavy atom. The number of rotatable bonds is 4. The second-order valence-corrected chi connectivity index (χ2v) is 11.4. The van der Waals surface area contributed by atoms with Crippen molar-refractivity contribution < 1.29 is 33.0 Å². The highest BCUT2D eigenvalue weighted by Crippen LogP contribution is 2.39. The monoisotopic (exact) mass is 646 g/mol. The topological polar surface area (TPSA) is 143 Å². The molecule has 2 aromatic heterocycles. The average molecular weight is 647 g/mol. The number of hydrogen-bond donors (Lipinski definition) is 4. The Balaban J connectivity index is 0.00000120. The lowest BCUT2D eigenvalue weighted by Gasteiger charge is -2.31. The zero-order valence-electron chi connectivity index (χ0n) is 26.7. The number of nitrogens with zero attached hydrogens (tertiary/aromatic N) is 1. The number of aliphatic carboxylic acids is 1. The van der Waals surface area contributed by atoms with Crippen LogP contribution in [0.3, 0.4) is 0 Å². The Bertz CT molecular complexity index is 1820. The van der Waals surface area contributed by atoms with E-state index in [-0.39, 0.29) is 35.2 Å². The van der Waals surface area contributed by atoms with E-state index in [0.29, 0.717) is 30.7 Å². The van der Waals surface area contributed by atoms with E-state index < -0.39 is 23.2 Å². The Kier molecular flexibility index (Phi) is 11.6. The molecule has 3 aromatic carbocycles. The molecule has 1 aliphatic rings. The maximum absolute atomic E-state index is 15.4. The summed E-state index contributed by atoms with van der Waals surface area (Å²) in [4.78, 5) is 30.1. The highest BCUT2D eigenvalue weighted by Gasteiger charge is 2.33. The molecular weight excluding hydrogens is 606 g/mol. The molecule has 0 saturated heterocycles. The number of aryl methyl sites for hydroxylation is 2. The molecule has 0 amide bonds. The van der Waals surface area contributed by atoms with Gasteiger partial charge in [0.15, 0.2) is 11.6 Å². The van der Waals surface area contributed by atoms with Crippen molar-refractivity contribution in [3.63, 3.8) is 0 Å². The Labute approximate surface area is 272 Å². The number of carbonyl (C=O) groups excluding carboxylic acids is 1. The van der Waals surface area contributed by atoms with Gasteiger partial charge in [-0.25, -0.2) is 13.8 Å². The molecule has 1 aliphatic heterocycles. The minimum absolute atomic E-state index is 0.0199. The molecule has 3 heterocycles. The van der Waals surface area contributed by atoms with Crippen LogP contribution in [0.1, 0.15) is 55.5 Å². The molecule has 6 rings (SSSR count). The standard InChI is InChI=1S/C34H33F2N3O4.CH5N.CH2O/c1-20-5-3-8-25-24-13-14-37-29(24)17-28(36)32(25)43-23-10-11-27(35)26(16-23)33-38-18-30(39-33)34(2,42-19-20)22-7-4-6-21(15-22)9-12-31(40)41;2*1-2/h4,6-7,10-11,13-18,20,37H,3,5,8-9,12,19H2,1-2H3,(H,38,39)(H,40,41);2H2,1H3;1H2. The molecule has 11 heteroatoms. The van der Waals surface area contributed by atoms with Crippen molar-refractivity contribution in [2.24, 2.45) is 11.7 Å². The highest BCUT2D eigenvalue weighted by molar-refractivity contribution is 5.85. The van der Waals surface area contributed by atoms with Gasteiger partial charge in [0.1, 0.15) is 29.8 Å². The molecule has 0 fully saturated rings. The number of halogens is 2. The number of carboxylic acids is 1. The summed E-state index contributed by atoms with van der Waals surface area (Å²) >= 11 is 0. The predicted molar refractivity (Wildman–Crippen MR) is 176 cm³/mol. The van der Waals surface area contributed by atoms with Gasteiger partial charge in [-0.1, -0.05) is 31.2 Å². The smallest absolute Gasteiger partial charge is 0.303 e. The third-order valence-corrected chi connectivity index (χ3v) is 8.25. The van der Waals surface area contributed by atoms with Crippen LogP contribution >= 0.6 is 0 Å². The number of nitrogens with two attached hydrogens (primary N) is 1. The van der Waals surface area contributed by atoms with E-state index in [4.69, 9.17) is 14.3 Å². The number of benzene rings is 3. The molecular formula is C36H40F2N4O5. The fraction of sp³-hybridized carbons (Fsp3) is 0.306. The first-order valence-corrected chi connectivity index (χ1v) is 15.3. The second kappa shape index (κ2) is 15.6. The van der Waals surface area contributed by atoms with Crippen molar-refractivity contribution in [3.8, 4) is 22.9 Å². The minimum atomic E-state index is -0.979. The number of imidazole rings is 1. The van der Waals surface area contributed by atoms with Gasteiger partial charge in [-0.3, -0.25) is 4.79 Å². The molecule has 248 valence electrons. The Morgan fingerprint density at radius 2 is 1.91 bits per heavy atom. The summed E-state index contributed by atoms with van der Waals surface area (Å²) < 4.78 is 43.4. The van der Waals surface area contributed by atoms with Gasteiger partial charge >= 0.3 is 5.97 Å². The predicted octanol–water partition coefficient (Wildman–Crippen LogP) is 7.29. The maximum atomic E-state index is 15.4. The van der Waals surface area contributed by atoms with Gasteiger partial charge in [-0.05, 0) is 81.0 Å². The van der Waals surface area contributed by atoms with Crippen LogP contribution in [0.2, 0.25) is 0 Å². The summed E-state index contributed by atoms with van der Waals surface area (Å²) in [6.45, 7) is 6.47. The molecule has 0 aliphatic carbocycles. The van der Waals surface area contributed by atoms with Crippen molar-refractivity contribution in [3.05, 3.63) is 101 Å². The SMILES string of the molecule is C=O.CC1CCCc2c(c(F)cc3[nH]ccc23)Oc2ccc(F)c(c2)-c2ncc([nH]2)C(C)(c2cccc(CCC(=O)O)c2)OC1.CN.